The molecule has 0 fully saturated rings. The van der Waals surface area contributed by atoms with E-state index < -0.39 is 0 Å². The average molecular weight is 413 g/mol. The highest BCUT2D eigenvalue weighted by molar-refractivity contribution is 7.80. The molecule has 0 saturated heterocycles. The fraction of sp³-hybridized carbons (Fsp3) is 0.880. The molecule has 2 nitrogen and oxygen atoms in total. The minimum atomic E-state index is -0.0967. The van der Waals surface area contributed by atoms with Crippen LogP contribution in [0, 0.1) is 5.92 Å². The summed E-state index contributed by atoms with van der Waals surface area (Å²) in [7, 11) is 0. The lowest BCUT2D eigenvalue weighted by Gasteiger charge is -2.11. The maximum absolute atomic E-state index is 11.9. The number of allylic oxidation sites excluding steroid dienone is 2. The van der Waals surface area contributed by atoms with Gasteiger partial charge < -0.3 is 4.74 Å². The van der Waals surface area contributed by atoms with Crippen LogP contribution in [0.15, 0.2) is 12.2 Å². The van der Waals surface area contributed by atoms with Crippen LogP contribution in [0.2, 0.25) is 0 Å². The van der Waals surface area contributed by atoms with Crippen LogP contribution < -0.4 is 0 Å². The zero-order valence-corrected chi connectivity index (χ0v) is 19.8. The lowest BCUT2D eigenvalue weighted by Crippen LogP contribution is -2.19. The van der Waals surface area contributed by atoms with Gasteiger partial charge in [0.1, 0.15) is 0 Å². The van der Waals surface area contributed by atoms with Crippen molar-refractivity contribution in [3.8, 4) is 0 Å². The van der Waals surface area contributed by atoms with Gasteiger partial charge in [0.2, 0.25) is 0 Å². The van der Waals surface area contributed by atoms with E-state index in [1.54, 1.807) is 0 Å². The molecule has 0 aliphatic heterocycles. The number of hydrogen-bond acceptors (Lipinski definition) is 3. The Morgan fingerprint density at radius 2 is 1.21 bits per heavy atom. The smallest absolute Gasteiger partial charge is 0.310 e. The molecule has 0 rings (SSSR count). The monoisotopic (exact) mass is 412 g/mol. The van der Waals surface area contributed by atoms with E-state index in [0.717, 1.165) is 12.8 Å². The molecule has 0 aromatic carbocycles. The van der Waals surface area contributed by atoms with Crippen molar-refractivity contribution in [1.29, 1.82) is 0 Å². The van der Waals surface area contributed by atoms with Crippen LogP contribution in [-0.4, -0.2) is 18.3 Å². The SMILES string of the molecule is C/C=C/C[C@H](CS)C(=O)OCCCCCCCCCCCCCCCCCC. The summed E-state index contributed by atoms with van der Waals surface area (Å²) in [5, 5.41) is 0. The summed E-state index contributed by atoms with van der Waals surface area (Å²) in [6.07, 6.45) is 26.5. The quantitative estimate of drug-likeness (QED) is 0.0887. The number of thiol groups is 1. The third-order valence-electron chi connectivity index (χ3n) is 5.45. The minimum absolute atomic E-state index is 0.0888. The number of carbonyl (C=O) groups is 1. The predicted octanol–water partition coefficient (Wildman–Crippen LogP) is 8.30. The lowest BCUT2D eigenvalue weighted by atomic mass is 10.0. The molecule has 0 heterocycles. The van der Waals surface area contributed by atoms with E-state index in [1.807, 2.05) is 19.1 Å². The van der Waals surface area contributed by atoms with Gasteiger partial charge in [-0.2, -0.15) is 12.6 Å². The summed E-state index contributed by atoms with van der Waals surface area (Å²) in [5.74, 6) is 0.372. The van der Waals surface area contributed by atoms with Crippen molar-refractivity contribution in [2.45, 2.75) is 123 Å². The Kier molecular flexibility index (Phi) is 22.5. The Labute approximate surface area is 181 Å². The standard InChI is InChI=1S/C25H48O2S/c1-3-5-7-8-9-10-11-12-13-14-15-16-17-18-19-20-22-27-25(26)24(23-28)21-6-4-2/h4,6,24,28H,3,5,7-23H2,1-2H3/b6-4+/t24-/m1/s1. The van der Waals surface area contributed by atoms with E-state index in [4.69, 9.17) is 4.74 Å². The van der Waals surface area contributed by atoms with Gasteiger partial charge in [0, 0.05) is 5.75 Å². The van der Waals surface area contributed by atoms with Gasteiger partial charge in [0.15, 0.2) is 0 Å². The first kappa shape index (κ1) is 27.6. The van der Waals surface area contributed by atoms with Gasteiger partial charge in [0.05, 0.1) is 12.5 Å². The fourth-order valence-corrected chi connectivity index (χ4v) is 3.78. The molecule has 0 aromatic heterocycles. The topological polar surface area (TPSA) is 26.3 Å². The van der Waals surface area contributed by atoms with Gasteiger partial charge in [0.25, 0.3) is 0 Å². The largest absolute Gasteiger partial charge is 0.465 e. The van der Waals surface area contributed by atoms with E-state index in [-0.39, 0.29) is 11.9 Å². The molecule has 166 valence electrons. The number of hydrogen-bond donors (Lipinski definition) is 1. The van der Waals surface area contributed by atoms with Crippen molar-refractivity contribution in [2.75, 3.05) is 12.4 Å². The van der Waals surface area contributed by atoms with E-state index in [1.165, 1.54) is 96.3 Å². The molecule has 0 aromatic rings. The van der Waals surface area contributed by atoms with Crippen LogP contribution >= 0.6 is 12.6 Å². The van der Waals surface area contributed by atoms with E-state index >= 15 is 0 Å². The summed E-state index contributed by atoms with van der Waals surface area (Å²) < 4.78 is 5.39. The first-order valence-corrected chi connectivity index (χ1v) is 12.8. The van der Waals surface area contributed by atoms with Crippen LogP contribution in [-0.2, 0) is 9.53 Å². The molecule has 0 unspecified atom stereocenters. The van der Waals surface area contributed by atoms with Gasteiger partial charge in [-0.05, 0) is 19.8 Å². The summed E-state index contributed by atoms with van der Waals surface area (Å²) in [6, 6.07) is 0. The molecular formula is C25H48O2S. The van der Waals surface area contributed by atoms with Gasteiger partial charge >= 0.3 is 5.97 Å². The second-order valence-electron chi connectivity index (χ2n) is 8.16. The average Bonchev–Trinajstić information content (AvgIpc) is 2.70. The lowest BCUT2D eigenvalue weighted by molar-refractivity contribution is -0.147. The molecule has 0 radical (unpaired) electrons. The van der Waals surface area contributed by atoms with Crippen molar-refractivity contribution in [3.63, 3.8) is 0 Å². The second-order valence-corrected chi connectivity index (χ2v) is 8.52. The number of ether oxygens (including phenoxy) is 1. The highest BCUT2D eigenvalue weighted by atomic mass is 32.1. The minimum Gasteiger partial charge on any atom is -0.465 e. The highest BCUT2D eigenvalue weighted by Gasteiger charge is 2.16. The normalized spacial score (nSPS) is 12.5. The molecule has 0 saturated carbocycles. The Morgan fingerprint density at radius 1 is 0.786 bits per heavy atom. The summed E-state index contributed by atoms with van der Waals surface area (Å²) in [6.45, 7) is 4.82. The van der Waals surface area contributed by atoms with Crippen LogP contribution in [0.4, 0.5) is 0 Å². The molecular weight excluding hydrogens is 364 g/mol. The van der Waals surface area contributed by atoms with Crippen LogP contribution in [0.25, 0.3) is 0 Å². The first-order valence-electron chi connectivity index (χ1n) is 12.1. The zero-order chi connectivity index (χ0) is 20.7. The van der Waals surface area contributed by atoms with Gasteiger partial charge in [-0.3, -0.25) is 4.79 Å². The van der Waals surface area contributed by atoms with E-state index in [2.05, 4.69) is 19.6 Å². The van der Waals surface area contributed by atoms with Crippen molar-refractivity contribution >= 4 is 18.6 Å². The summed E-state index contributed by atoms with van der Waals surface area (Å²) in [4.78, 5) is 11.9. The van der Waals surface area contributed by atoms with E-state index in [9.17, 15) is 4.79 Å². The van der Waals surface area contributed by atoms with Crippen molar-refractivity contribution in [1.82, 2.24) is 0 Å². The van der Waals surface area contributed by atoms with E-state index in [0.29, 0.717) is 12.4 Å². The van der Waals surface area contributed by atoms with Gasteiger partial charge in [-0.25, -0.2) is 0 Å². The molecule has 0 bridgehead atoms. The molecule has 1 atom stereocenters. The molecule has 0 aliphatic carbocycles. The molecule has 0 amide bonds. The predicted molar refractivity (Wildman–Crippen MR) is 127 cm³/mol. The van der Waals surface area contributed by atoms with Crippen molar-refractivity contribution < 1.29 is 9.53 Å². The highest BCUT2D eigenvalue weighted by Crippen LogP contribution is 2.14. The Bertz CT molecular complexity index is 354. The van der Waals surface area contributed by atoms with Crippen LogP contribution in [0.5, 0.6) is 0 Å². The van der Waals surface area contributed by atoms with Crippen LogP contribution in [0.1, 0.15) is 123 Å². The third kappa shape index (κ3) is 18.9. The van der Waals surface area contributed by atoms with Crippen molar-refractivity contribution in [3.05, 3.63) is 12.2 Å². The number of rotatable bonds is 21. The Hall–Kier alpha value is -0.440. The number of carbonyl (C=O) groups excluding carboxylic acids is 1. The molecule has 28 heavy (non-hydrogen) atoms. The molecule has 0 N–H and O–H groups in total. The zero-order valence-electron chi connectivity index (χ0n) is 18.9. The molecule has 0 aliphatic rings. The molecule has 0 spiro atoms. The summed E-state index contributed by atoms with van der Waals surface area (Å²) in [5.41, 5.74) is 0. The third-order valence-corrected chi connectivity index (χ3v) is 5.89. The summed E-state index contributed by atoms with van der Waals surface area (Å²) >= 11 is 4.25. The Balaban J connectivity index is 3.26. The van der Waals surface area contributed by atoms with Gasteiger partial charge in [-0.1, -0.05) is 115 Å². The van der Waals surface area contributed by atoms with Crippen LogP contribution in [0.3, 0.4) is 0 Å². The molecule has 3 heteroatoms. The van der Waals surface area contributed by atoms with Gasteiger partial charge in [-0.15, -0.1) is 0 Å². The Morgan fingerprint density at radius 3 is 1.61 bits per heavy atom. The first-order chi connectivity index (χ1) is 13.8. The fourth-order valence-electron chi connectivity index (χ4n) is 3.49. The maximum Gasteiger partial charge on any atom is 0.310 e. The number of unbranched alkanes of at least 4 members (excludes halogenated alkanes) is 15. The number of esters is 1. The second kappa shape index (κ2) is 22.8. The van der Waals surface area contributed by atoms with Crippen molar-refractivity contribution in [2.24, 2.45) is 5.92 Å². The maximum atomic E-state index is 11.9.